The molecule has 9 nitrogen and oxygen atoms in total. The van der Waals surface area contributed by atoms with E-state index in [1.807, 2.05) is 5.32 Å². The number of aliphatic carboxylic acids is 1. The molecule has 0 saturated heterocycles. The van der Waals surface area contributed by atoms with Gasteiger partial charge in [0.2, 0.25) is 5.91 Å². The van der Waals surface area contributed by atoms with Crippen LogP contribution in [0.25, 0.3) is 0 Å². The first-order chi connectivity index (χ1) is 10.8. The first kappa shape index (κ1) is 22.1. The fraction of sp³-hybridized carbons (Fsp3) is 0.769. The van der Waals surface area contributed by atoms with E-state index >= 15 is 0 Å². The van der Waals surface area contributed by atoms with Crippen molar-refractivity contribution in [3.05, 3.63) is 0 Å². The second kappa shape index (κ2) is 8.85. The van der Waals surface area contributed by atoms with Crippen molar-refractivity contribution in [1.82, 2.24) is 5.32 Å². The summed E-state index contributed by atoms with van der Waals surface area (Å²) in [6.45, 7) is 3.02. The van der Waals surface area contributed by atoms with E-state index in [4.69, 9.17) is 9.84 Å². The first-order valence-corrected chi connectivity index (χ1v) is 6.82. The topological polar surface area (TPSA) is 137 Å². The summed E-state index contributed by atoms with van der Waals surface area (Å²) < 4.78 is 38.7. The Morgan fingerprint density at radius 3 is 2.12 bits per heavy atom. The summed E-state index contributed by atoms with van der Waals surface area (Å²) in [4.78, 5) is 35.1. The summed E-state index contributed by atoms with van der Waals surface area (Å²) in [7, 11) is 1.20. The fourth-order valence-electron chi connectivity index (χ4n) is 1.43. The van der Waals surface area contributed by atoms with Crippen LogP contribution in [0.4, 0.5) is 8.78 Å². The lowest BCUT2D eigenvalue weighted by Gasteiger charge is -2.25. The van der Waals surface area contributed by atoms with E-state index in [2.05, 4.69) is 15.2 Å². The van der Waals surface area contributed by atoms with Crippen LogP contribution in [0.1, 0.15) is 20.8 Å². The molecule has 0 aliphatic rings. The van der Waals surface area contributed by atoms with Gasteiger partial charge in [-0.3, -0.25) is 9.59 Å². The van der Waals surface area contributed by atoms with Crippen LogP contribution in [0.2, 0.25) is 0 Å². The van der Waals surface area contributed by atoms with Gasteiger partial charge in [0.25, 0.3) is 0 Å². The average molecular weight is 356 g/mol. The summed E-state index contributed by atoms with van der Waals surface area (Å²) in [5.74, 6) is -5.60. The molecule has 0 radical (unpaired) electrons. The second-order valence-electron chi connectivity index (χ2n) is 5.81. The maximum atomic E-state index is 12.6. The molecule has 0 aliphatic heterocycles. The Morgan fingerprint density at radius 1 is 1.21 bits per heavy atom. The number of ether oxygens (including phenoxy) is 3. The van der Waals surface area contributed by atoms with Gasteiger partial charge in [-0.1, -0.05) is 0 Å². The molecule has 24 heavy (non-hydrogen) atoms. The molecule has 0 aromatic rings. The van der Waals surface area contributed by atoms with E-state index in [0.717, 1.165) is 0 Å². The van der Waals surface area contributed by atoms with Crippen LogP contribution in [0.3, 0.4) is 0 Å². The molecule has 4 N–H and O–H groups in total. The molecule has 140 valence electrons. The lowest BCUT2D eigenvalue weighted by molar-refractivity contribution is -0.240. The molecular weight excluding hydrogens is 334 g/mol. The Bertz CT molecular complexity index is 460. The minimum atomic E-state index is -4.07. The number of methoxy groups -OCH3 is 1. The van der Waals surface area contributed by atoms with Crippen LogP contribution in [0, 0.1) is 5.92 Å². The monoisotopic (exact) mass is 356 g/mol. The summed E-state index contributed by atoms with van der Waals surface area (Å²) >= 11 is 0. The molecule has 0 heterocycles. The molecule has 0 fully saturated rings. The summed E-state index contributed by atoms with van der Waals surface area (Å²) in [6, 6.07) is -1.48. The molecule has 0 aromatic carbocycles. The molecule has 11 heteroatoms. The minimum absolute atomic E-state index is 0.393. The molecule has 0 spiro atoms. The number of carboxylic acids is 1. The van der Waals surface area contributed by atoms with E-state index in [0.29, 0.717) is 0 Å². The Kier molecular flexibility index (Phi) is 8.17. The number of carbonyl (C=O) groups excluding carboxylic acids is 2. The van der Waals surface area contributed by atoms with Crippen molar-refractivity contribution in [2.75, 3.05) is 20.3 Å². The van der Waals surface area contributed by atoms with Gasteiger partial charge in [0.05, 0.1) is 13.2 Å². The normalized spacial score (nSPS) is 14.6. The van der Waals surface area contributed by atoms with Crippen LogP contribution in [0.5, 0.6) is 0 Å². The highest BCUT2D eigenvalue weighted by molar-refractivity contribution is 5.99. The maximum Gasteiger partial charge on any atom is 0.419 e. The predicted molar refractivity (Wildman–Crippen MR) is 75.9 cm³/mol. The van der Waals surface area contributed by atoms with Crippen LogP contribution in [0.15, 0.2) is 0 Å². The molecule has 1 amide bonds. The Morgan fingerprint density at radius 2 is 1.75 bits per heavy atom. The molecule has 0 bridgehead atoms. The summed E-state index contributed by atoms with van der Waals surface area (Å²) in [5.41, 5.74) is 3.35. The number of rotatable bonds is 9. The number of hydrogen-bond donors (Lipinski definition) is 3. The number of nitrogens with two attached hydrogens (primary N) is 1. The molecule has 0 rings (SSSR count). The van der Waals surface area contributed by atoms with Crippen molar-refractivity contribution in [2.45, 2.75) is 38.6 Å². The zero-order chi connectivity index (χ0) is 19.1. The number of amides is 1. The van der Waals surface area contributed by atoms with Crippen molar-refractivity contribution >= 4 is 17.8 Å². The number of halogens is 2. The number of carbonyl (C=O) groups is 3. The minimum Gasteiger partial charge on any atom is -0.480 e. The van der Waals surface area contributed by atoms with E-state index < -0.39 is 54.9 Å². The smallest absolute Gasteiger partial charge is 0.419 e. The van der Waals surface area contributed by atoms with Gasteiger partial charge in [-0.2, -0.15) is 8.78 Å². The van der Waals surface area contributed by atoms with E-state index in [9.17, 15) is 23.2 Å². The number of carboxylic acid groups (broad SMARTS) is 1. The Balaban J connectivity index is 5.17. The number of alkyl halides is 2. The van der Waals surface area contributed by atoms with Gasteiger partial charge in [0.1, 0.15) is 5.60 Å². The van der Waals surface area contributed by atoms with Gasteiger partial charge in [0.15, 0.2) is 12.0 Å². The van der Waals surface area contributed by atoms with Crippen molar-refractivity contribution in [2.24, 2.45) is 11.7 Å². The van der Waals surface area contributed by atoms with Crippen molar-refractivity contribution in [3.8, 4) is 0 Å². The van der Waals surface area contributed by atoms with Gasteiger partial charge >= 0.3 is 18.2 Å². The van der Waals surface area contributed by atoms with Gasteiger partial charge in [-0.05, 0) is 20.8 Å². The lowest BCUT2D eigenvalue weighted by atomic mass is 10.1. The molecule has 2 atom stereocenters. The Hall–Kier alpha value is -1.85. The highest BCUT2D eigenvalue weighted by Crippen LogP contribution is 2.15. The number of esters is 1. The van der Waals surface area contributed by atoms with Crippen LogP contribution >= 0.6 is 0 Å². The van der Waals surface area contributed by atoms with Gasteiger partial charge in [0, 0.05) is 7.11 Å². The molecule has 2 unspecified atom stereocenters. The summed E-state index contributed by atoms with van der Waals surface area (Å²) in [5, 5.41) is 10.9. The Labute approximate surface area is 137 Å². The van der Waals surface area contributed by atoms with Crippen LogP contribution < -0.4 is 11.1 Å². The maximum absolute atomic E-state index is 12.6. The largest absolute Gasteiger partial charge is 0.480 e. The highest BCUT2D eigenvalue weighted by atomic mass is 19.3. The standard InChI is InChI=1S/C13H22F2N2O7/c1-12(2,3)24-11(21)7(5-23-13(14,15)16)9(18)17-8(6-22-4)10(19)20/h7-8H,5-6,16H2,1-4H3,(H,17,18)(H,19,20). The fourth-order valence-corrected chi connectivity index (χ4v) is 1.43. The molecule has 0 saturated carbocycles. The van der Waals surface area contributed by atoms with Crippen molar-refractivity contribution in [1.29, 1.82) is 0 Å². The predicted octanol–water partition coefficient (Wildman–Crippen LogP) is -0.314. The zero-order valence-electron chi connectivity index (χ0n) is 13.8. The van der Waals surface area contributed by atoms with Crippen molar-refractivity contribution < 1.29 is 42.5 Å². The first-order valence-electron chi connectivity index (χ1n) is 6.82. The van der Waals surface area contributed by atoms with Crippen molar-refractivity contribution in [3.63, 3.8) is 0 Å². The SMILES string of the molecule is COCC(NC(=O)C(COC(N)(F)F)C(=O)OC(C)(C)C)C(=O)O. The quantitative estimate of drug-likeness (QED) is 0.221. The molecule has 0 aliphatic carbocycles. The van der Waals surface area contributed by atoms with Gasteiger partial charge in [-0.15, -0.1) is 0 Å². The molecule has 0 aromatic heterocycles. The van der Waals surface area contributed by atoms with E-state index in [1.165, 1.54) is 27.9 Å². The average Bonchev–Trinajstić information content (AvgIpc) is 2.34. The third-order valence-electron chi connectivity index (χ3n) is 2.40. The highest BCUT2D eigenvalue weighted by Gasteiger charge is 2.36. The third kappa shape index (κ3) is 9.33. The van der Waals surface area contributed by atoms with Gasteiger partial charge < -0.3 is 24.6 Å². The lowest BCUT2D eigenvalue weighted by Crippen LogP contribution is -2.50. The summed E-state index contributed by atoms with van der Waals surface area (Å²) in [6.07, 6.45) is -4.07. The van der Waals surface area contributed by atoms with E-state index in [-0.39, 0.29) is 0 Å². The second-order valence-corrected chi connectivity index (χ2v) is 5.81. The van der Waals surface area contributed by atoms with E-state index in [1.54, 1.807) is 0 Å². The third-order valence-corrected chi connectivity index (χ3v) is 2.40. The zero-order valence-corrected chi connectivity index (χ0v) is 13.8. The number of nitrogens with one attached hydrogen (secondary N) is 1. The molecular formula is C13H22F2N2O7. The van der Waals surface area contributed by atoms with Gasteiger partial charge in [-0.25, -0.2) is 10.5 Å². The van der Waals surface area contributed by atoms with Crippen LogP contribution in [-0.2, 0) is 28.6 Å². The number of hydrogen-bond acceptors (Lipinski definition) is 7. The van der Waals surface area contributed by atoms with Crippen LogP contribution in [-0.4, -0.2) is 61.2 Å².